The first kappa shape index (κ1) is 41.5. The van der Waals surface area contributed by atoms with Crippen molar-refractivity contribution in [1.29, 1.82) is 0 Å². The van der Waals surface area contributed by atoms with Gasteiger partial charge in [-0.25, -0.2) is 13.4 Å². The molecule has 1 unspecified atom stereocenters. The van der Waals surface area contributed by atoms with Crippen molar-refractivity contribution in [1.82, 2.24) is 20.2 Å². The van der Waals surface area contributed by atoms with E-state index in [1.165, 1.54) is 10.7 Å². The number of fused-ring (bicyclic) bond motifs is 1. The second kappa shape index (κ2) is 17.3. The molecule has 0 aliphatic carbocycles. The van der Waals surface area contributed by atoms with E-state index in [-0.39, 0.29) is 82.0 Å². The predicted molar refractivity (Wildman–Crippen MR) is 163 cm³/mol. The number of rotatable bonds is 12. The molecule has 0 saturated heterocycles. The van der Waals surface area contributed by atoms with E-state index in [0.29, 0.717) is 41.5 Å². The van der Waals surface area contributed by atoms with Crippen molar-refractivity contribution in [3.05, 3.63) is 59.2 Å². The van der Waals surface area contributed by atoms with Crippen molar-refractivity contribution in [2.45, 2.75) is 57.4 Å². The third-order valence-corrected chi connectivity index (χ3v) is 8.23. The molecule has 1 atom stereocenters. The summed E-state index contributed by atoms with van der Waals surface area (Å²) in [5.41, 5.74) is 3.14. The van der Waals surface area contributed by atoms with E-state index in [1.54, 1.807) is 6.92 Å². The first-order valence-corrected chi connectivity index (χ1v) is 16.0. The van der Waals surface area contributed by atoms with Gasteiger partial charge in [-0.05, 0) is 62.7 Å². The average Bonchev–Trinajstić information content (AvgIpc) is 3.55. The van der Waals surface area contributed by atoms with Crippen molar-refractivity contribution in [2.75, 3.05) is 24.6 Å². The molecule has 4 rings (SSSR count). The number of aliphatic imine (C=N–C) groups is 1. The van der Waals surface area contributed by atoms with Crippen LogP contribution in [0.1, 0.15) is 68.2 Å². The van der Waals surface area contributed by atoms with Crippen molar-refractivity contribution in [3.8, 4) is 0 Å². The van der Waals surface area contributed by atoms with Gasteiger partial charge in [-0.15, -0.1) is 10.2 Å². The van der Waals surface area contributed by atoms with Crippen LogP contribution in [0.5, 0.6) is 0 Å². The number of nitrogens with zero attached hydrogens (tertiary/aromatic N) is 6. The Morgan fingerprint density at radius 2 is 1.89 bits per heavy atom. The van der Waals surface area contributed by atoms with Gasteiger partial charge >= 0.3 is 59.1 Å². The molecule has 242 valence electrons. The van der Waals surface area contributed by atoms with E-state index >= 15 is 0 Å². The van der Waals surface area contributed by atoms with Crippen LogP contribution in [0.25, 0.3) is 0 Å². The van der Waals surface area contributed by atoms with Crippen LogP contribution in [-0.2, 0) is 19.5 Å². The Morgan fingerprint density at radius 3 is 2.47 bits per heavy atom. The molecule has 0 spiro atoms. The standard InChI is InChI=1S/C28H35N7O8S2.2Na/c1-7-34(10-11-36)19-8-9-22(16(2)12-19)30-23-24(28(4,5)6)33-35-25(31-32-26(23)35)17(3)29-27(37)18-13-20(44-43-42-38)15-21(14-18)45(39,40)41;;/h8-9,12-15,17,36,38H,7,10-11H2,1-6H3,(H,29,37)(H,39,40,41);;/q;2*+1/p-2. The van der Waals surface area contributed by atoms with E-state index in [9.17, 15) is 28.1 Å². The summed E-state index contributed by atoms with van der Waals surface area (Å²) in [6, 6.07) is 8.17. The third kappa shape index (κ3) is 9.94. The normalized spacial score (nSPS) is 14.1. The Balaban J connectivity index is 0.00000384. The molecule has 2 N–H and O–H groups in total. The molecule has 15 nitrogen and oxygen atoms in total. The van der Waals surface area contributed by atoms with Crippen molar-refractivity contribution in [2.24, 2.45) is 15.5 Å². The summed E-state index contributed by atoms with van der Waals surface area (Å²) < 4.78 is 40.7. The summed E-state index contributed by atoms with van der Waals surface area (Å²) >= 11 is 0.337. The Hall–Kier alpha value is -1.71. The van der Waals surface area contributed by atoms with Gasteiger partial charge in [-0.1, -0.05) is 20.8 Å². The van der Waals surface area contributed by atoms with E-state index in [0.717, 1.165) is 29.9 Å². The number of hydrogen-bond donors (Lipinski definition) is 2. The van der Waals surface area contributed by atoms with Gasteiger partial charge in [-0.3, -0.25) is 9.83 Å². The topological polar surface area (TPSA) is 207 Å². The summed E-state index contributed by atoms with van der Waals surface area (Å²) in [6.07, 6.45) is 0. The number of aliphatic hydroxyl groups is 1. The maximum atomic E-state index is 13.2. The molecule has 0 fully saturated rings. The minimum Gasteiger partial charge on any atom is -0.744 e. The molecular weight excluding hydrogens is 672 g/mol. The second-order valence-electron chi connectivity index (χ2n) is 11.2. The largest absolute Gasteiger partial charge is 1.00 e. The summed E-state index contributed by atoms with van der Waals surface area (Å²) in [5.74, 6) is -0.0757. The number of carbonyl (C=O) groups excluding carboxylic acids is 1. The summed E-state index contributed by atoms with van der Waals surface area (Å²) in [7, 11) is -4.94. The monoisotopic (exact) mass is 705 g/mol. The number of hydrogen-bond acceptors (Lipinski definition) is 14. The fourth-order valence-electron chi connectivity index (χ4n) is 4.64. The number of aromatic nitrogens is 3. The summed E-state index contributed by atoms with van der Waals surface area (Å²) in [4.78, 5) is 19.5. The van der Waals surface area contributed by atoms with Gasteiger partial charge in [0, 0.05) is 34.7 Å². The van der Waals surface area contributed by atoms with Crippen LogP contribution in [0.15, 0.2) is 56.3 Å². The Kier molecular flexibility index (Phi) is 15.3. The maximum Gasteiger partial charge on any atom is 1.00 e. The van der Waals surface area contributed by atoms with Crippen LogP contribution in [0.2, 0.25) is 0 Å². The maximum absolute atomic E-state index is 13.2. The van der Waals surface area contributed by atoms with Gasteiger partial charge < -0.3 is 25.1 Å². The number of likely N-dealkylation sites (N-methyl/N-ethyl adjacent to an activating group) is 1. The summed E-state index contributed by atoms with van der Waals surface area (Å²) in [6.45, 7) is 12.9. The van der Waals surface area contributed by atoms with E-state index in [4.69, 9.17) is 10.1 Å². The van der Waals surface area contributed by atoms with Crippen LogP contribution in [0, 0.1) is 12.3 Å². The molecule has 0 radical (unpaired) electrons. The number of amides is 1. The number of benzene rings is 2. The Bertz CT molecular complexity index is 1760. The minimum atomic E-state index is -4.94. The molecule has 0 saturated carbocycles. The fourth-order valence-corrected chi connectivity index (χ4v) is 5.71. The van der Waals surface area contributed by atoms with Crippen molar-refractivity contribution < 1.29 is 96.6 Å². The zero-order chi connectivity index (χ0) is 33.1. The van der Waals surface area contributed by atoms with Gasteiger partial charge in [0.2, 0.25) is 5.82 Å². The van der Waals surface area contributed by atoms with E-state index in [1.807, 2.05) is 52.8 Å². The minimum absolute atomic E-state index is 0. The second-order valence-corrected chi connectivity index (χ2v) is 13.3. The van der Waals surface area contributed by atoms with Crippen LogP contribution in [0.4, 0.5) is 11.4 Å². The number of anilines is 1. The Morgan fingerprint density at radius 1 is 1.19 bits per heavy atom. The number of aryl methyl sites for hydroxylation is 1. The molecular formula is C28H33N7Na2O8S2. The molecule has 1 aliphatic heterocycles. The molecule has 2 aromatic carbocycles. The third-order valence-electron chi connectivity index (χ3n) is 6.86. The van der Waals surface area contributed by atoms with Crippen molar-refractivity contribution in [3.63, 3.8) is 0 Å². The molecule has 47 heavy (non-hydrogen) atoms. The zero-order valence-corrected chi connectivity index (χ0v) is 33.1. The zero-order valence-electron chi connectivity index (χ0n) is 27.5. The average molecular weight is 706 g/mol. The van der Waals surface area contributed by atoms with Gasteiger partial charge in [0.1, 0.15) is 15.8 Å². The van der Waals surface area contributed by atoms with Crippen LogP contribution in [0.3, 0.4) is 0 Å². The first-order valence-electron chi connectivity index (χ1n) is 13.8. The number of nitrogens with one attached hydrogen (secondary N) is 1. The van der Waals surface area contributed by atoms with Crippen molar-refractivity contribution >= 4 is 50.9 Å². The number of aliphatic hydroxyl groups excluding tert-OH is 1. The molecule has 0 bridgehead atoms. The smallest absolute Gasteiger partial charge is 0.744 e. The first-order chi connectivity index (χ1) is 21.2. The molecule has 19 heteroatoms. The summed E-state index contributed by atoms with van der Waals surface area (Å²) in [5, 5.41) is 39.0. The fraction of sp³-hybridized carbons (Fsp3) is 0.393. The molecule has 1 amide bonds. The van der Waals surface area contributed by atoms with Gasteiger partial charge in [-0.2, -0.15) is 14.1 Å². The molecule has 1 aliphatic rings. The molecule has 3 aromatic rings. The molecule has 2 heterocycles. The van der Waals surface area contributed by atoms with Crippen LogP contribution in [-0.4, -0.2) is 70.0 Å². The van der Waals surface area contributed by atoms with E-state index in [2.05, 4.69) is 29.8 Å². The van der Waals surface area contributed by atoms with Crippen LogP contribution < -0.4 is 74.6 Å². The quantitative estimate of drug-likeness (QED) is 0.0617. The SMILES string of the molecule is CCN(CCO)c1ccc(N=C2C(C(C)(C)C)=Nn3c2nnc3C(C)NC(=O)c2cc(SOO[O-])cc(S(=O)(=O)[O-])c2)c(C)c1.[Na+].[Na+]. The van der Waals surface area contributed by atoms with E-state index < -0.39 is 32.4 Å². The Labute approximate surface area is 321 Å². The predicted octanol–water partition coefficient (Wildman–Crippen LogP) is -3.58. The van der Waals surface area contributed by atoms with Gasteiger partial charge in [0.25, 0.3) is 5.91 Å². The van der Waals surface area contributed by atoms with Gasteiger partial charge in [0.15, 0.2) is 5.82 Å². The number of carbonyl (C=O) groups is 1. The molecule has 1 aromatic heterocycles. The van der Waals surface area contributed by atoms with Crippen LogP contribution >= 0.6 is 12.0 Å². The van der Waals surface area contributed by atoms with Gasteiger partial charge in [0.05, 0.1) is 41.0 Å².